The van der Waals surface area contributed by atoms with Gasteiger partial charge < -0.3 is 10.2 Å². The lowest BCUT2D eigenvalue weighted by Gasteiger charge is -2.36. The Morgan fingerprint density at radius 1 is 1.26 bits per heavy atom. The number of piperazine rings is 1. The minimum absolute atomic E-state index is 0.279. The molecule has 0 bridgehead atoms. The average Bonchev–Trinajstić information content (AvgIpc) is 2.38. The van der Waals surface area contributed by atoms with E-state index in [4.69, 9.17) is 0 Å². The summed E-state index contributed by atoms with van der Waals surface area (Å²) in [4.78, 5) is 16.8. The highest BCUT2D eigenvalue weighted by Gasteiger charge is 2.32. The van der Waals surface area contributed by atoms with Crippen molar-refractivity contribution in [1.82, 2.24) is 15.1 Å². The Balaban J connectivity index is 2.42. The number of hydrogen-bond acceptors (Lipinski definition) is 3. The summed E-state index contributed by atoms with van der Waals surface area (Å²) in [5.74, 6) is 0.280. The molecule has 0 saturated carbocycles. The van der Waals surface area contributed by atoms with E-state index >= 15 is 0 Å². The predicted molar refractivity (Wildman–Crippen MR) is 80.3 cm³/mol. The van der Waals surface area contributed by atoms with E-state index in [1.54, 1.807) is 0 Å². The van der Waals surface area contributed by atoms with Crippen LogP contribution in [0.5, 0.6) is 0 Å². The third-order valence-corrected chi connectivity index (χ3v) is 3.85. The van der Waals surface area contributed by atoms with E-state index in [1.807, 2.05) is 11.9 Å². The predicted octanol–water partition coefficient (Wildman–Crippen LogP) is 1.57. The Hall–Kier alpha value is -0.610. The van der Waals surface area contributed by atoms with Crippen molar-refractivity contribution >= 4 is 5.91 Å². The third kappa shape index (κ3) is 5.49. The maximum Gasteiger partial charge on any atom is 0.229 e. The molecule has 1 aliphatic heterocycles. The number of rotatable bonds is 7. The molecule has 0 aromatic heterocycles. The number of carbonyl (C=O) groups excluding carboxylic acids is 1. The van der Waals surface area contributed by atoms with Crippen LogP contribution in [0.2, 0.25) is 0 Å². The van der Waals surface area contributed by atoms with Gasteiger partial charge in [-0.25, -0.2) is 0 Å². The molecule has 1 saturated heterocycles. The maximum atomic E-state index is 12.5. The van der Waals surface area contributed by atoms with Crippen molar-refractivity contribution in [3.05, 3.63) is 0 Å². The van der Waals surface area contributed by atoms with Crippen molar-refractivity contribution in [3.63, 3.8) is 0 Å². The van der Waals surface area contributed by atoms with Crippen LogP contribution in [0.3, 0.4) is 0 Å². The minimum atomic E-state index is -0.279. The van der Waals surface area contributed by atoms with Crippen molar-refractivity contribution in [2.24, 2.45) is 5.41 Å². The number of nitrogens with one attached hydrogen (secondary N) is 1. The summed E-state index contributed by atoms with van der Waals surface area (Å²) in [5, 5.41) is 3.35. The van der Waals surface area contributed by atoms with Crippen LogP contribution in [0.4, 0.5) is 0 Å². The summed E-state index contributed by atoms with van der Waals surface area (Å²) in [6.07, 6.45) is 3.52. The van der Waals surface area contributed by atoms with Crippen LogP contribution < -0.4 is 5.32 Å². The van der Waals surface area contributed by atoms with Crippen LogP contribution in [0.25, 0.3) is 0 Å². The number of carbonyl (C=O) groups is 1. The van der Waals surface area contributed by atoms with Gasteiger partial charge in [-0.05, 0) is 20.3 Å². The number of amides is 1. The molecule has 4 heteroatoms. The van der Waals surface area contributed by atoms with Crippen LogP contribution >= 0.6 is 0 Å². The molecule has 112 valence electrons. The van der Waals surface area contributed by atoms with Gasteiger partial charge in [-0.3, -0.25) is 9.69 Å². The number of nitrogens with zero attached hydrogens (tertiary/aromatic N) is 2. The molecule has 1 aliphatic rings. The van der Waals surface area contributed by atoms with Crippen LogP contribution in [0, 0.1) is 5.41 Å². The fraction of sp³-hybridized carbons (Fsp3) is 0.933. The first-order valence-corrected chi connectivity index (χ1v) is 7.66. The van der Waals surface area contributed by atoms with E-state index in [0.29, 0.717) is 0 Å². The van der Waals surface area contributed by atoms with Gasteiger partial charge in [0.2, 0.25) is 5.91 Å². The summed E-state index contributed by atoms with van der Waals surface area (Å²) < 4.78 is 0. The molecule has 0 radical (unpaired) electrons. The van der Waals surface area contributed by atoms with Gasteiger partial charge in [0.1, 0.15) is 0 Å². The normalized spacial score (nSPS) is 17.5. The van der Waals surface area contributed by atoms with Crippen LogP contribution in [-0.4, -0.2) is 62.0 Å². The molecule has 0 aromatic rings. The standard InChI is InChI=1S/C15H31N3O/c1-5-6-7-10-17(4)14(19)15(2,3)13-18-11-8-16-9-12-18/h16H,5-13H2,1-4H3. The largest absolute Gasteiger partial charge is 0.345 e. The zero-order valence-corrected chi connectivity index (χ0v) is 13.2. The van der Waals surface area contributed by atoms with Crippen molar-refractivity contribution < 1.29 is 4.79 Å². The molecule has 1 amide bonds. The van der Waals surface area contributed by atoms with Crippen LogP contribution in [0.15, 0.2) is 0 Å². The molecule has 1 fully saturated rings. The van der Waals surface area contributed by atoms with Gasteiger partial charge in [-0.2, -0.15) is 0 Å². The fourth-order valence-corrected chi connectivity index (χ4v) is 2.71. The molecule has 0 spiro atoms. The lowest BCUT2D eigenvalue weighted by atomic mass is 9.90. The summed E-state index contributed by atoms with van der Waals surface area (Å²) >= 11 is 0. The summed E-state index contributed by atoms with van der Waals surface area (Å²) in [7, 11) is 1.94. The minimum Gasteiger partial charge on any atom is -0.345 e. The Bertz CT molecular complexity index is 273. The second kappa shape index (κ2) is 7.85. The second-order valence-electron chi connectivity index (χ2n) is 6.34. The maximum absolute atomic E-state index is 12.5. The van der Waals surface area contributed by atoms with Crippen LogP contribution in [0.1, 0.15) is 40.0 Å². The Kier molecular flexibility index (Phi) is 6.80. The fourth-order valence-electron chi connectivity index (χ4n) is 2.71. The molecule has 0 atom stereocenters. The van der Waals surface area contributed by atoms with Gasteiger partial charge in [0, 0.05) is 46.3 Å². The van der Waals surface area contributed by atoms with Gasteiger partial charge in [-0.15, -0.1) is 0 Å². The van der Waals surface area contributed by atoms with E-state index in [-0.39, 0.29) is 11.3 Å². The first-order valence-electron chi connectivity index (χ1n) is 7.66. The van der Waals surface area contributed by atoms with E-state index in [9.17, 15) is 4.79 Å². The third-order valence-electron chi connectivity index (χ3n) is 3.85. The van der Waals surface area contributed by atoms with E-state index in [0.717, 1.165) is 45.7 Å². The highest BCUT2D eigenvalue weighted by atomic mass is 16.2. The zero-order valence-electron chi connectivity index (χ0n) is 13.2. The summed E-state index contributed by atoms with van der Waals surface area (Å²) in [6, 6.07) is 0. The molecule has 0 aliphatic carbocycles. The monoisotopic (exact) mass is 269 g/mol. The van der Waals surface area contributed by atoms with Crippen molar-refractivity contribution in [2.45, 2.75) is 40.0 Å². The molecule has 1 N–H and O–H groups in total. The SMILES string of the molecule is CCCCCN(C)C(=O)C(C)(C)CN1CCNCC1. The average molecular weight is 269 g/mol. The molecular weight excluding hydrogens is 238 g/mol. The Morgan fingerprint density at radius 3 is 2.47 bits per heavy atom. The van der Waals surface area contributed by atoms with Crippen molar-refractivity contribution in [1.29, 1.82) is 0 Å². The molecule has 4 nitrogen and oxygen atoms in total. The van der Waals surface area contributed by atoms with Crippen LogP contribution in [-0.2, 0) is 4.79 Å². The van der Waals surface area contributed by atoms with E-state index in [2.05, 4.69) is 31.0 Å². The van der Waals surface area contributed by atoms with Gasteiger partial charge in [0.15, 0.2) is 0 Å². The topological polar surface area (TPSA) is 35.6 Å². The summed E-state index contributed by atoms with van der Waals surface area (Å²) in [5.41, 5.74) is -0.279. The van der Waals surface area contributed by atoms with E-state index < -0.39 is 0 Å². The molecular formula is C15H31N3O. The second-order valence-corrected chi connectivity index (χ2v) is 6.34. The lowest BCUT2D eigenvalue weighted by molar-refractivity contribution is -0.140. The number of unbranched alkanes of at least 4 members (excludes halogenated alkanes) is 2. The number of hydrogen-bond donors (Lipinski definition) is 1. The first-order chi connectivity index (χ1) is 8.97. The highest BCUT2D eigenvalue weighted by molar-refractivity contribution is 5.82. The molecule has 1 rings (SSSR count). The quantitative estimate of drug-likeness (QED) is 0.713. The van der Waals surface area contributed by atoms with Crippen molar-refractivity contribution in [3.8, 4) is 0 Å². The Labute approximate surface area is 118 Å². The van der Waals surface area contributed by atoms with Gasteiger partial charge in [0.25, 0.3) is 0 Å². The Morgan fingerprint density at radius 2 is 1.89 bits per heavy atom. The smallest absolute Gasteiger partial charge is 0.229 e. The molecule has 0 aromatic carbocycles. The zero-order chi connectivity index (χ0) is 14.3. The molecule has 19 heavy (non-hydrogen) atoms. The molecule has 1 heterocycles. The van der Waals surface area contributed by atoms with Gasteiger partial charge in [0.05, 0.1) is 5.41 Å². The summed E-state index contributed by atoms with van der Waals surface area (Å²) in [6.45, 7) is 12.3. The van der Waals surface area contributed by atoms with Gasteiger partial charge >= 0.3 is 0 Å². The van der Waals surface area contributed by atoms with Gasteiger partial charge in [-0.1, -0.05) is 19.8 Å². The lowest BCUT2D eigenvalue weighted by Crippen LogP contribution is -2.51. The van der Waals surface area contributed by atoms with E-state index in [1.165, 1.54) is 12.8 Å². The first kappa shape index (κ1) is 16.4. The highest BCUT2D eigenvalue weighted by Crippen LogP contribution is 2.20. The van der Waals surface area contributed by atoms with Crippen molar-refractivity contribution in [2.75, 3.05) is 46.3 Å². The molecule has 0 unspecified atom stereocenters.